The number of hydrogen-bond acceptors (Lipinski definition) is 5. The second kappa shape index (κ2) is 7.89. The number of nitrogens with one attached hydrogen (secondary N) is 1. The van der Waals surface area contributed by atoms with E-state index in [1.165, 1.54) is 12.7 Å². The fourth-order valence-corrected chi connectivity index (χ4v) is 3.55. The number of rotatable bonds is 6. The zero-order chi connectivity index (χ0) is 18.6. The molecule has 3 heterocycles. The summed E-state index contributed by atoms with van der Waals surface area (Å²) in [7, 11) is 0. The van der Waals surface area contributed by atoms with E-state index in [0.29, 0.717) is 32.0 Å². The molecule has 9 heteroatoms. The standard InChI is InChI=1S/C18H25N7O2/c26-17(5-8-24-13-19-12-21-24)20-10-15-9-16-11-23(6-2-7-25(16)22-15)18(27)14-3-1-4-14/h9,12-14H,1-8,10-11H2,(H,20,26). The first-order valence-corrected chi connectivity index (χ1v) is 9.62. The van der Waals surface area contributed by atoms with Crippen molar-refractivity contribution in [3.05, 3.63) is 30.1 Å². The molecule has 9 nitrogen and oxygen atoms in total. The SMILES string of the molecule is O=C(CCn1cncn1)NCc1cc2n(n1)CCCN(C(=O)C1CCC1)C2. The monoisotopic (exact) mass is 371 g/mol. The van der Waals surface area contributed by atoms with Crippen LogP contribution in [-0.4, -0.2) is 47.8 Å². The van der Waals surface area contributed by atoms with Gasteiger partial charge in [0, 0.05) is 25.4 Å². The summed E-state index contributed by atoms with van der Waals surface area (Å²) >= 11 is 0. The Morgan fingerprint density at radius 2 is 2.11 bits per heavy atom. The number of carbonyl (C=O) groups is 2. The minimum atomic E-state index is -0.0459. The molecule has 0 atom stereocenters. The first-order chi connectivity index (χ1) is 13.2. The normalized spacial score (nSPS) is 17.1. The summed E-state index contributed by atoms with van der Waals surface area (Å²) in [5, 5.41) is 11.5. The molecule has 1 aliphatic carbocycles. The van der Waals surface area contributed by atoms with Crippen molar-refractivity contribution in [3.63, 3.8) is 0 Å². The van der Waals surface area contributed by atoms with Crippen LogP contribution in [-0.2, 0) is 35.8 Å². The topological polar surface area (TPSA) is 97.9 Å². The van der Waals surface area contributed by atoms with Crippen molar-refractivity contribution in [1.29, 1.82) is 0 Å². The zero-order valence-electron chi connectivity index (χ0n) is 15.4. The Bertz CT molecular complexity index is 795. The maximum absolute atomic E-state index is 12.6. The van der Waals surface area contributed by atoms with Gasteiger partial charge in [0.05, 0.1) is 31.0 Å². The van der Waals surface area contributed by atoms with Crippen LogP contribution in [0.1, 0.15) is 43.5 Å². The van der Waals surface area contributed by atoms with Crippen LogP contribution >= 0.6 is 0 Å². The second-order valence-electron chi connectivity index (χ2n) is 7.28. The van der Waals surface area contributed by atoms with Crippen LogP contribution in [0, 0.1) is 5.92 Å². The first-order valence-electron chi connectivity index (χ1n) is 9.62. The number of fused-ring (bicyclic) bond motifs is 1. The van der Waals surface area contributed by atoms with Crippen molar-refractivity contribution >= 4 is 11.8 Å². The van der Waals surface area contributed by atoms with E-state index in [-0.39, 0.29) is 11.8 Å². The zero-order valence-corrected chi connectivity index (χ0v) is 15.4. The number of amides is 2. The molecular weight excluding hydrogens is 346 g/mol. The molecule has 1 saturated carbocycles. The maximum Gasteiger partial charge on any atom is 0.226 e. The minimum Gasteiger partial charge on any atom is -0.350 e. The lowest BCUT2D eigenvalue weighted by Crippen LogP contribution is -2.38. The van der Waals surface area contributed by atoms with E-state index in [2.05, 4.69) is 20.5 Å². The Morgan fingerprint density at radius 1 is 1.22 bits per heavy atom. The molecule has 0 unspecified atom stereocenters. The van der Waals surface area contributed by atoms with E-state index < -0.39 is 0 Å². The summed E-state index contributed by atoms with van der Waals surface area (Å²) in [6.07, 6.45) is 7.53. The molecule has 144 valence electrons. The van der Waals surface area contributed by atoms with Crippen LogP contribution in [0.15, 0.2) is 18.7 Å². The van der Waals surface area contributed by atoms with Crippen molar-refractivity contribution in [3.8, 4) is 0 Å². The smallest absolute Gasteiger partial charge is 0.226 e. The molecule has 27 heavy (non-hydrogen) atoms. The van der Waals surface area contributed by atoms with Crippen LogP contribution in [0.3, 0.4) is 0 Å². The van der Waals surface area contributed by atoms with Gasteiger partial charge >= 0.3 is 0 Å². The predicted molar refractivity (Wildman–Crippen MR) is 96.1 cm³/mol. The van der Waals surface area contributed by atoms with Gasteiger partial charge in [-0.1, -0.05) is 6.42 Å². The molecule has 0 spiro atoms. The fourth-order valence-electron chi connectivity index (χ4n) is 3.55. The summed E-state index contributed by atoms with van der Waals surface area (Å²) < 4.78 is 3.61. The maximum atomic E-state index is 12.6. The van der Waals surface area contributed by atoms with Gasteiger partial charge in [0.1, 0.15) is 12.7 Å². The molecule has 0 saturated heterocycles. The van der Waals surface area contributed by atoms with Gasteiger partial charge in [-0.15, -0.1) is 0 Å². The predicted octanol–water partition coefficient (Wildman–Crippen LogP) is 0.713. The summed E-state index contributed by atoms with van der Waals surface area (Å²) in [6.45, 7) is 3.12. The highest BCUT2D eigenvalue weighted by atomic mass is 16.2. The molecule has 2 aromatic heterocycles. The lowest BCUT2D eigenvalue weighted by atomic mass is 9.84. The lowest BCUT2D eigenvalue weighted by Gasteiger charge is -2.30. The average Bonchev–Trinajstić information content (AvgIpc) is 3.22. The van der Waals surface area contributed by atoms with Gasteiger partial charge in [0.2, 0.25) is 11.8 Å². The van der Waals surface area contributed by atoms with Gasteiger partial charge in [0.15, 0.2) is 0 Å². The summed E-state index contributed by atoms with van der Waals surface area (Å²) in [5.74, 6) is 0.470. The molecule has 1 N–H and O–H groups in total. The fraction of sp³-hybridized carbons (Fsp3) is 0.611. The van der Waals surface area contributed by atoms with Crippen molar-refractivity contribution < 1.29 is 9.59 Å². The van der Waals surface area contributed by atoms with E-state index >= 15 is 0 Å². The van der Waals surface area contributed by atoms with Crippen molar-refractivity contribution in [2.75, 3.05) is 6.54 Å². The van der Waals surface area contributed by atoms with Crippen LogP contribution in [0.2, 0.25) is 0 Å². The Morgan fingerprint density at radius 3 is 2.85 bits per heavy atom. The van der Waals surface area contributed by atoms with Gasteiger partial charge in [-0.3, -0.25) is 19.0 Å². The second-order valence-corrected chi connectivity index (χ2v) is 7.28. The van der Waals surface area contributed by atoms with Gasteiger partial charge in [-0.05, 0) is 25.3 Å². The van der Waals surface area contributed by atoms with E-state index in [1.54, 1.807) is 11.0 Å². The van der Waals surface area contributed by atoms with Gasteiger partial charge < -0.3 is 10.2 Å². The van der Waals surface area contributed by atoms with E-state index in [0.717, 1.165) is 43.7 Å². The van der Waals surface area contributed by atoms with Gasteiger partial charge in [0.25, 0.3) is 0 Å². The lowest BCUT2D eigenvalue weighted by molar-refractivity contribution is -0.138. The molecule has 2 amide bonds. The van der Waals surface area contributed by atoms with Crippen molar-refractivity contribution in [2.45, 2.75) is 58.3 Å². The van der Waals surface area contributed by atoms with E-state index in [9.17, 15) is 9.59 Å². The Kier molecular flexibility index (Phi) is 5.17. The Labute approximate surface area is 157 Å². The molecule has 0 aromatic carbocycles. The number of aryl methyl sites for hydroxylation is 2. The molecule has 2 aliphatic rings. The van der Waals surface area contributed by atoms with Crippen LogP contribution in [0.5, 0.6) is 0 Å². The van der Waals surface area contributed by atoms with Crippen molar-refractivity contribution in [2.24, 2.45) is 5.92 Å². The number of carbonyl (C=O) groups excluding carboxylic acids is 2. The number of hydrogen-bond donors (Lipinski definition) is 1. The summed E-state index contributed by atoms with van der Waals surface area (Å²) in [6, 6.07) is 2.00. The van der Waals surface area contributed by atoms with Crippen LogP contribution in [0.25, 0.3) is 0 Å². The van der Waals surface area contributed by atoms with Crippen LogP contribution in [0.4, 0.5) is 0 Å². The van der Waals surface area contributed by atoms with Gasteiger partial charge in [-0.2, -0.15) is 10.2 Å². The molecule has 1 aliphatic heterocycles. The number of aromatic nitrogens is 5. The minimum absolute atomic E-state index is 0.0459. The summed E-state index contributed by atoms with van der Waals surface area (Å²) in [4.78, 5) is 30.4. The Hall–Kier alpha value is -2.71. The highest BCUT2D eigenvalue weighted by Gasteiger charge is 2.30. The average molecular weight is 371 g/mol. The van der Waals surface area contributed by atoms with Crippen LogP contribution < -0.4 is 5.32 Å². The first kappa shape index (κ1) is 17.7. The quantitative estimate of drug-likeness (QED) is 0.807. The molecular formula is C18H25N7O2. The Balaban J connectivity index is 1.30. The third-order valence-corrected chi connectivity index (χ3v) is 5.33. The number of nitrogens with zero attached hydrogens (tertiary/aromatic N) is 6. The van der Waals surface area contributed by atoms with E-state index in [1.807, 2.05) is 15.6 Å². The highest BCUT2D eigenvalue weighted by Crippen LogP contribution is 2.29. The largest absolute Gasteiger partial charge is 0.350 e. The molecule has 0 radical (unpaired) electrons. The third kappa shape index (κ3) is 4.17. The summed E-state index contributed by atoms with van der Waals surface area (Å²) in [5.41, 5.74) is 1.88. The molecule has 0 bridgehead atoms. The molecule has 4 rings (SSSR count). The van der Waals surface area contributed by atoms with E-state index in [4.69, 9.17) is 0 Å². The highest BCUT2D eigenvalue weighted by molar-refractivity contribution is 5.79. The van der Waals surface area contributed by atoms with Crippen molar-refractivity contribution in [1.82, 2.24) is 34.8 Å². The molecule has 2 aromatic rings. The van der Waals surface area contributed by atoms with Gasteiger partial charge in [-0.25, -0.2) is 4.98 Å². The molecule has 1 fully saturated rings. The third-order valence-electron chi connectivity index (χ3n) is 5.33.